The molecule has 122 valence electrons. The van der Waals surface area contributed by atoms with Crippen LogP contribution in [0.2, 0.25) is 0 Å². The zero-order chi connectivity index (χ0) is 17.2. The van der Waals surface area contributed by atoms with E-state index in [4.69, 9.17) is 0 Å². The van der Waals surface area contributed by atoms with Gasteiger partial charge in [-0.2, -0.15) is 0 Å². The molecule has 0 aliphatic carbocycles. The van der Waals surface area contributed by atoms with Crippen molar-refractivity contribution in [1.29, 1.82) is 0 Å². The minimum atomic E-state index is 0.116. The van der Waals surface area contributed by atoms with Gasteiger partial charge in [-0.25, -0.2) is 0 Å². The first-order valence-corrected chi connectivity index (χ1v) is 8.20. The van der Waals surface area contributed by atoms with Gasteiger partial charge in [-0.1, -0.05) is 63.2 Å². The summed E-state index contributed by atoms with van der Waals surface area (Å²) < 4.78 is 0. The molecule has 2 heteroatoms. The number of benzene rings is 3. The molecule has 0 atom stereocenters. The van der Waals surface area contributed by atoms with E-state index in [0.717, 1.165) is 17.1 Å². The van der Waals surface area contributed by atoms with E-state index in [9.17, 15) is 5.11 Å². The molecule has 3 aromatic rings. The molecule has 2 nitrogen and oxygen atoms in total. The molecule has 0 radical (unpaired) electrons. The third kappa shape index (κ3) is 3.28. The molecule has 0 heterocycles. The summed E-state index contributed by atoms with van der Waals surface area (Å²) in [5.74, 6) is 0.265. The second-order valence-corrected chi connectivity index (χ2v) is 6.96. The summed E-state index contributed by atoms with van der Waals surface area (Å²) >= 11 is 0. The fourth-order valence-electron chi connectivity index (χ4n) is 2.77. The van der Waals surface area contributed by atoms with Gasteiger partial charge in [0.05, 0.1) is 5.69 Å². The van der Waals surface area contributed by atoms with Crippen molar-refractivity contribution in [2.75, 3.05) is 4.90 Å². The zero-order valence-electron chi connectivity index (χ0n) is 14.4. The SMILES string of the molecule is CC(C)(C)c1ccc(N(c2ccccc2)c2ccccc2O)cc1. The highest BCUT2D eigenvalue weighted by Crippen LogP contribution is 2.39. The smallest absolute Gasteiger partial charge is 0.139 e. The lowest BCUT2D eigenvalue weighted by atomic mass is 9.87. The maximum absolute atomic E-state index is 10.3. The van der Waals surface area contributed by atoms with Gasteiger partial charge in [0.2, 0.25) is 0 Å². The van der Waals surface area contributed by atoms with Gasteiger partial charge >= 0.3 is 0 Å². The molecule has 0 aromatic heterocycles. The van der Waals surface area contributed by atoms with Crippen LogP contribution in [0.25, 0.3) is 0 Å². The summed E-state index contributed by atoms with van der Waals surface area (Å²) in [5, 5.41) is 10.3. The van der Waals surface area contributed by atoms with Gasteiger partial charge < -0.3 is 10.0 Å². The predicted molar refractivity (Wildman–Crippen MR) is 101 cm³/mol. The van der Waals surface area contributed by atoms with Gasteiger partial charge in [0.25, 0.3) is 0 Å². The molecular weight excluding hydrogens is 294 g/mol. The Balaban J connectivity index is 2.11. The van der Waals surface area contributed by atoms with Crippen molar-refractivity contribution in [1.82, 2.24) is 0 Å². The first kappa shape index (κ1) is 16.1. The monoisotopic (exact) mass is 317 g/mol. The van der Waals surface area contributed by atoms with E-state index in [-0.39, 0.29) is 11.2 Å². The molecule has 0 aliphatic heterocycles. The van der Waals surface area contributed by atoms with Crippen LogP contribution in [0, 0.1) is 0 Å². The largest absolute Gasteiger partial charge is 0.506 e. The summed E-state index contributed by atoms with van der Waals surface area (Å²) in [7, 11) is 0. The average molecular weight is 317 g/mol. The normalized spacial score (nSPS) is 11.3. The molecule has 0 unspecified atom stereocenters. The van der Waals surface area contributed by atoms with Crippen LogP contribution < -0.4 is 4.90 Å². The number of phenolic OH excluding ortho intramolecular Hbond substituents is 1. The van der Waals surface area contributed by atoms with Crippen LogP contribution in [-0.4, -0.2) is 5.11 Å². The Bertz CT molecular complexity index is 801. The van der Waals surface area contributed by atoms with Crippen molar-refractivity contribution in [3.05, 3.63) is 84.4 Å². The Morgan fingerprint density at radius 2 is 1.21 bits per heavy atom. The van der Waals surface area contributed by atoms with Gasteiger partial charge in [0, 0.05) is 11.4 Å². The van der Waals surface area contributed by atoms with Gasteiger partial charge in [-0.3, -0.25) is 0 Å². The molecule has 24 heavy (non-hydrogen) atoms. The van der Waals surface area contributed by atoms with Crippen LogP contribution in [0.1, 0.15) is 26.3 Å². The molecule has 3 rings (SSSR count). The molecule has 3 aromatic carbocycles. The summed E-state index contributed by atoms with van der Waals surface area (Å²) in [6, 6.07) is 26.1. The van der Waals surface area contributed by atoms with Crippen LogP contribution in [0.15, 0.2) is 78.9 Å². The van der Waals surface area contributed by atoms with E-state index in [1.54, 1.807) is 6.07 Å². The van der Waals surface area contributed by atoms with Crippen LogP contribution in [0.4, 0.5) is 17.1 Å². The molecular formula is C22H23NO. The quantitative estimate of drug-likeness (QED) is 0.625. The number of hydrogen-bond acceptors (Lipinski definition) is 2. The molecule has 1 N–H and O–H groups in total. The number of para-hydroxylation sites is 3. The van der Waals surface area contributed by atoms with Crippen molar-refractivity contribution in [2.45, 2.75) is 26.2 Å². The first-order chi connectivity index (χ1) is 11.5. The Labute approximate surface area is 144 Å². The molecule has 0 spiro atoms. The number of rotatable bonds is 3. The summed E-state index contributed by atoms with van der Waals surface area (Å²) in [5.41, 5.74) is 4.22. The topological polar surface area (TPSA) is 23.5 Å². The molecule has 0 saturated heterocycles. The van der Waals surface area contributed by atoms with Crippen molar-refractivity contribution >= 4 is 17.1 Å². The fourth-order valence-corrected chi connectivity index (χ4v) is 2.77. The second-order valence-electron chi connectivity index (χ2n) is 6.96. The van der Waals surface area contributed by atoms with Crippen LogP contribution >= 0.6 is 0 Å². The molecule has 0 amide bonds. The summed E-state index contributed by atoms with van der Waals surface area (Å²) in [6.07, 6.45) is 0. The van der Waals surface area contributed by atoms with Gasteiger partial charge in [-0.05, 0) is 47.4 Å². The predicted octanol–water partition coefficient (Wildman–Crippen LogP) is 6.16. The Morgan fingerprint density at radius 1 is 0.667 bits per heavy atom. The Hall–Kier alpha value is -2.74. The standard InChI is InChI=1S/C22H23NO/c1-22(2,3)17-13-15-19(16-14-17)23(18-9-5-4-6-10-18)20-11-7-8-12-21(20)24/h4-16,24H,1-3H3. The maximum Gasteiger partial charge on any atom is 0.139 e. The van der Waals surface area contributed by atoms with Crippen LogP contribution in [-0.2, 0) is 5.41 Å². The third-order valence-corrected chi connectivity index (χ3v) is 4.13. The Kier molecular flexibility index (Phi) is 4.30. The second kappa shape index (κ2) is 6.40. The van der Waals surface area contributed by atoms with Crippen molar-refractivity contribution < 1.29 is 5.11 Å². The lowest BCUT2D eigenvalue weighted by molar-refractivity contribution is 0.476. The highest BCUT2D eigenvalue weighted by Gasteiger charge is 2.17. The van der Waals surface area contributed by atoms with E-state index >= 15 is 0 Å². The lowest BCUT2D eigenvalue weighted by Gasteiger charge is -2.27. The number of anilines is 3. The van der Waals surface area contributed by atoms with E-state index < -0.39 is 0 Å². The molecule has 0 bridgehead atoms. The lowest BCUT2D eigenvalue weighted by Crippen LogP contribution is -2.13. The van der Waals surface area contributed by atoms with Crippen LogP contribution in [0.5, 0.6) is 5.75 Å². The van der Waals surface area contributed by atoms with Gasteiger partial charge in [0.15, 0.2) is 0 Å². The maximum atomic E-state index is 10.3. The molecule has 0 saturated carbocycles. The number of aromatic hydroxyl groups is 1. The number of nitrogens with zero attached hydrogens (tertiary/aromatic N) is 1. The van der Waals surface area contributed by atoms with Crippen molar-refractivity contribution in [2.24, 2.45) is 0 Å². The van der Waals surface area contributed by atoms with E-state index in [2.05, 4.69) is 49.9 Å². The van der Waals surface area contributed by atoms with Crippen molar-refractivity contribution in [3.8, 4) is 5.75 Å². The number of phenols is 1. The van der Waals surface area contributed by atoms with Gasteiger partial charge in [0.1, 0.15) is 5.75 Å². The highest BCUT2D eigenvalue weighted by atomic mass is 16.3. The van der Waals surface area contributed by atoms with E-state index in [1.807, 2.05) is 48.5 Å². The van der Waals surface area contributed by atoms with Gasteiger partial charge in [-0.15, -0.1) is 0 Å². The minimum absolute atomic E-state index is 0.116. The summed E-state index contributed by atoms with van der Waals surface area (Å²) in [4.78, 5) is 2.07. The molecule has 0 aliphatic rings. The summed E-state index contributed by atoms with van der Waals surface area (Å²) in [6.45, 7) is 6.62. The number of hydrogen-bond donors (Lipinski definition) is 1. The third-order valence-electron chi connectivity index (χ3n) is 4.13. The zero-order valence-corrected chi connectivity index (χ0v) is 14.4. The first-order valence-electron chi connectivity index (χ1n) is 8.20. The van der Waals surface area contributed by atoms with Crippen molar-refractivity contribution in [3.63, 3.8) is 0 Å². The molecule has 0 fully saturated rings. The minimum Gasteiger partial charge on any atom is -0.506 e. The van der Waals surface area contributed by atoms with E-state index in [1.165, 1.54) is 5.56 Å². The highest BCUT2D eigenvalue weighted by molar-refractivity contribution is 5.79. The average Bonchev–Trinajstić information content (AvgIpc) is 2.58. The fraction of sp³-hybridized carbons (Fsp3) is 0.182. The van der Waals surface area contributed by atoms with Crippen LogP contribution in [0.3, 0.4) is 0 Å². The van der Waals surface area contributed by atoms with E-state index in [0.29, 0.717) is 0 Å². The Morgan fingerprint density at radius 3 is 1.79 bits per heavy atom.